The van der Waals surface area contributed by atoms with Crippen molar-refractivity contribution < 1.29 is 9.53 Å². The summed E-state index contributed by atoms with van der Waals surface area (Å²) in [4.78, 5) is 16.9. The molecule has 2 N–H and O–H groups in total. The fraction of sp³-hybridized carbons (Fsp3) is 0.211. The minimum absolute atomic E-state index is 0.110. The van der Waals surface area contributed by atoms with Crippen molar-refractivity contribution in [2.75, 3.05) is 12.4 Å². The third-order valence-electron chi connectivity index (χ3n) is 3.94. The van der Waals surface area contributed by atoms with Crippen molar-refractivity contribution in [1.29, 1.82) is 0 Å². The predicted molar refractivity (Wildman–Crippen MR) is 109 cm³/mol. The highest BCUT2D eigenvalue weighted by Gasteiger charge is 2.19. The van der Waals surface area contributed by atoms with Crippen molar-refractivity contribution in [2.45, 2.75) is 24.3 Å². The Morgan fingerprint density at radius 1 is 1.30 bits per heavy atom. The molecule has 8 heteroatoms. The molecule has 1 unspecified atom stereocenters. The minimum Gasteiger partial charge on any atom is -0.496 e. The van der Waals surface area contributed by atoms with Gasteiger partial charge in [0.1, 0.15) is 5.75 Å². The molecular weight excluding hydrogens is 384 g/mol. The van der Waals surface area contributed by atoms with Crippen LogP contribution in [0, 0.1) is 6.92 Å². The monoisotopic (exact) mass is 402 g/mol. The van der Waals surface area contributed by atoms with E-state index in [2.05, 4.69) is 20.5 Å². The molecule has 3 rings (SSSR count). The first-order chi connectivity index (χ1) is 13.0. The van der Waals surface area contributed by atoms with Gasteiger partial charge in [0.25, 0.3) is 0 Å². The molecule has 0 spiro atoms. The number of carbonyl (C=O) groups is 1. The quantitative estimate of drug-likeness (QED) is 0.591. The molecule has 0 aliphatic heterocycles. The number of hydrogen-bond donors (Lipinski definition) is 2. The van der Waals surface area contributed by atoms with Gasteiger partial charge in [-0.25, -0.2) is 4.98 Å². The number of nitrogens with zero attached hydrogens (tertiary/aromatic N) is 2. The number of carbonyl (C=O) groups excluding carboxylic acids is 1. The molecule has 1 aromatic heterocycles. The maximum Gasteiger partial charge on any atom is 0.237 e. The normalized spacial score (nSPS) is 11.9. The van der Waals surface area contributed by atoms with Gasteiger partial charge >= 0.3 is 0 Å². The topological polar surface area (TPSA) is 79.9 Å². The van der Waals surface area contributed by atoms with Crippen molar-refractivity contribution in [1.82, 2.24) is 15.2 Å². The molecular formula is C19H19ClN4O2S. The summed E-state index contributed by atoms with van der Waals surface area (Å²) in [6.45, 7) is 3.77. The van der Waals surface area contributed by atoms with E-state index in [1.807, 2.05) is 38.1 Å². The Morgan fingerprint density at radius 2 is 2.07 bits per heavy atom. The van der Waals surface area contributed by atoms with E-state index in [1.165, 1.54) is 11.8 Å². The van der Waals surface area contributed by atoms with Crippen molar-refractivity contribution in [3.63, 3.8) is 0 Å². The largest absolute Gasteiger partial charge is 0.496 e. The van der Waals surface area contributed by atoms with Crippen molar-refractivity contribution in [3.05, 3.63) is 53.1 Å². The number of H-pyrrole nitrogens is 1. The van der Waals surface area contributed by atoms with Gasteiger partial charge in [0.15, 0.2) is 5.82 Å². The molecule has 1 atom stereocenters. The standard InChI is InChI=1S/C19H19ClN4O2S/c1-11-6-4-5-7-15(11)21-18(25)12(2)27-19-22-17(23-24-19)14-10-13(20)8-9-16(14)26-3/h4-10,12H,1-3H3,(H,21,25)(H,22,23,24). The van der Waals surface area contributed by atoms with E-state index in [0.29, 0.717) is 27.3 Å². The van der Waals surface area contributed by atoms with Gasteiger partial charge in [0.2, 0.25) is 11.1 Å². The van der Waals surface area contributed by atoms with Crippen LogP contribution in [0.4, 0.5) is 5.69 Å². The molecule has 0 aliphatic carbocycles. The lowest BCUT2D eigenvalue weighted by molar-refractivity contribution is -0.115. The second-order valence-electron chi connectivity index (χ2n) is 5.88. The second kappa shape index (κ2) is 8.45. The first-order valence-corrected chi connectivity index (χ1v) is 9.53. The zero-order valence-electron chi connectivity index (χ0n) is 15.1. The molecule has 0 radical (unpaired) electrons. The second-order valence-corrected chi connectivity index (χ2v) is 7.62. The number of aromatic nitrogens is 3. The molecule has 2 aromatic carbocycles. The number of nitrogens with one attached hydrogen (secondary N) is 2. The molecule has 3 aromatic rings. The van der Waals surface area contributed by atoms with E-state index in [9.17, 15) is 4.79 Å². The molecule has 0 saturated heterocycles. The van der Waals surface area contributed by atoms with E-state index in [1.54, 1.807) is 25.3 Å². The number of aryl methyl sites for hydroxylation is 1. The minimum atomic E-state index is -0.366. The lowest BCUT2D eigenvalue weighted by Crippen LogP contribution is -2.22. The first-order valence-electron chi connectivity index (χ1n) is 8.27. The number of halogens is 1. The summed E-state index contributed by atoms with van der Waals surface area (Å²) >= 11 is 7.34. The summed E-state index contributed by atoms with van der Waals surface area (Å²) in [6.07, 6.45) is 0. The number of hydrogen-bond acceptors (Lipinski definition) is 5. The van der Waals surface area contributed by atoms with Gasteiger partial charge in [-0.2, -0.15) is 0 Å². The van der Waals surface area contributed by atoms with Crippen LogP contribution in [0.2, 0.25) is 5.02 Å². The van der Waals surface area contributed by atoms with Gasteiger partial charge in [-0.05, 0) is 43.7 Å². The number of thioether (sulfide) groups is 1. The van der Waals surface area contributed by atoms with Crippen LogP contribution < -0.4 is 10.1 Å². The lowest BCUT2D eigenvalue weighted by atomic mass is 10.2. The van der Waals surface area contributed by atoms with Gasteiger partial charge in [0, 0.05) is 10.7 Å². The summed E-state index contributed by atoms with van der Waals surface area (Å²) in [6, 6.07) is 12.9. The molecule has 27 heavy (non-hydrogen) atoms. The Bertz CT molecular complexity index is 960. The van der Waals surface area contributed by atoms with Crippen molar-refractivity contribution in [3.8, 4) is 17.1 Å². The van der Waals surface area contributed by atoms with E-state index in [4.69, 9.17) is 16.3 Å². The highest BCUT2D eigenvalue weighted by atomic mass is 35.5. The Kier molecular flexibility index (Phi) is 6.03. The molecule has 1 heterocycles. The van der Waals surface area contributed by atoms with Crippen LogP contribution in [0.5, 0.6) is 5.75 Å². The summed E-state index contributed by atoms with van der Waals surface area (Å²) in [7, 11) is 1.58. The zero-order valence-corrected chi connectivity index (χ0v) is 16.7. The summed E-state index contributed by atoms with van der Waals surface area (Å²) in [5.74, 6) is 1.06. The number of methoxy groups -OCH3 is 1. The molecule has 1 amide bonds. The maximum atomic E-state index is 12.5. The Balaban J connectivity index is 1.71. The van der Waals surface area contributed by atoms with Crippen molar-refractivity contribution >= 4 is 35.0 Å². The molecule has 0 fully saturated rings. The Morgan fingerprint density at radius 3 is 2.81 bits per heavy atom. The first kappa shape index (κ1) is 19.3. The van der Waals surface area contributed by atoms with Crippen LogP contribution in [-0.4, -0.2) is 33.4 Å². The van der Waals surface area contributed by atoms with Crippen LogP contribution in [0.3, 0.4) is 0 Å². The number of aromatic amines is 1. The van der Waals surface area contributed by atoms with Crippen LogP contribution in [0.15, 0.2) is 47.6 Å². The van der Waals surface area contributed by atoms with Gasteiger partial charge < -0.3 is 10.1 Å². The molecule has 0 saturated carbocycles. The fourth-order valence-corrected chi connectivity index (χ4v) is 3.34. The number of amides is 1. The Labute approximate surface area is 166 Å². The van der Waals surface area contributed by atoms with Crippen LogP contribution in [0.25, 0.3) is 11.4 Å². The number of anilines is 1. The van der Waals surface area contributed by atoms with Crippen molar-refractivity contribution in [2.24, 2.45) is 0 Å². The van der Waals surface area contributed by atoms with Crippen LogP contribution >= 0.6 is 23.4 Å². The van der Waals surface area contributed by atoms with E-state index >= 15 is 0 Å². The summed E-state index contributed by atoms with van der Waals surface area (Å²) in [5.41, 5.74) is 2.52. The average Bonchev–Trinajstić information content (AvgIpc) is 3.11. The predicted octanol–water partition coefficient (Wildman–Crippen LogP) is 4.56. The summed E-state index contributed by atoms with van der Waals surface area (Å²) < 4.78 is 5.34. The zero-order chi connectivity index (χ0) is 19.4. The number of rotatable bonds is 6. The Hall–Kier alpha value is -2.51. The molecule has 6 nitrogen and oxygen atoms in total. The maximum absolute atomic E-state index is 12.5. The molecule has 0 aliphatic rings. The molecule has 140 valence electrons. The van der Waals surface area contributed by atoms with E-state index < -0.39 is 0 Å². The van der Waals surface area contributed by atoms with Gasteiger partial charge in [-0.15, -0.1) is 5.10 Å². The van der Waals surface area contributed by atoms with Gasteiger partial charge in [-0.1, -0.05) is 41.6 Å². The third kappa shape index (κ3) is 4.61. The van der Waals surface area contributed by atoms with E-state index in [0.717, 1.165) is 11.3 Å². The number of para-hydroxylation sites is 1. The SMILES string of the molecule is COc1ccc(Cl)cc1-c1nc(SC(C)C(=O)Nc2ccccc2C)n[nH]1. The van der Waals surface area contributed by atoms with E-state index in [-0.39, 0.29) is 11.2 Å². The highest BCUT2D eigenvalue weighted by Crippen LogP contribution is 2.31. The lowest BCUT2D eigenvalue weighted by Gasteiger charge is -2.11. The third-order valence-corrected chi connectivity index (χ3v) is 5.13. The number of ether oxygens (including phenoxy) is 1. The fourth-order valence-electron chi connectivity index (χ4n) is 2.44. The summed E-state index contributed by atoms with van der Waals surface area (Å²) in [5, 5.41) is 10.7. The average molecular weight is 403 g/mol. The van der Waals surface area contributed by atoms with Gasteiger partial charge in [0.05, 0.1) is 17.9 Å². The van der Waals surface area contributed by atoms with Gasteiger partial charge in [-0.3, -0.25) is 9.89 Å². The smallest absolute Gasteiger partial charge is 0.237 e. The highest BCUT2D eigenvalue weighted by molar-refractivity contribution is 8.00. The van der Waals surface area contributed by atoms with Crippen LogP contribution in [-0.2, 0) is 4.79 Å². The van der Waals surface area contributed by atoms with Crippen LogP contribution in [0.1, 0.15) is 12.5 Å². The molecule has 0 bridgehead atoms. The number of benzene rings is 2.